The Balaban J connectivity index is 2.01. The number of hydrogen-bond acceptors (Lipinski definition) is 3. The van der Waals surface area contributed by atoms with Crippen LogP contribution in [0.4, 0.5) is 0 Å². The predicted molar refractivity (Wildman–Crippen MR) is 76.6 cm³/mol. The van der Waals surface area contributed by atoms with Crippen molar-refractivity contribution in [1.29, 1.82) is 0 Å². The first kappa shape index (κ1) is 14.3. The van der Waals surface area contributed by atoms with E-state index in [1.165, 1.54) is 0 Å². The van der Waals surface area contributed by atoms with Gasteiger partial charge in [0.1, 0.15) is 0 Å². The molecule has 1 N–H and O–H groups in total. The molecule has 0 fully saturated rings. The van der Waals surface area contributed by atoms with Gasteiger partial charge in [0.15, 0.2) is 0 Å². The van der Waals surface area contributed by atoms with E-state index < -0.39 is 5.97 Å². The number of hydrogen-bond donors (Lipinski definition) is 1. The maximum atomic E-state index is 11.2. The highest BCUT2D eigenvalue weighted by Crippen LogP contribution is 2.12. The number of nitrogens with zero attached hydrogens (tertiary/aromatic N) is 3. The smallest absolute Gasteiger partial charge is 0.336 e. The van der Waals surface area contributed by atoms with E-state index in [0.29, 0.717) is 12.1 Å². The van der Waals surface area contributed by atoms with E-state index in [1.54, 1.807) is 18.3 Å². The predicted octanol–water partition coefficient (Wildman–Crippen LogP) is 2.10. The number of aromatic nitrogens is 2. The SMILES string of the molecule is CCN(CCn1cccn1)Cc1ccccc1C(=O)O. The average Bonchev–Trinajstić information content (AvgIpc) is 2.97. The highest BCUT2D eigenvalue weighted by atomic mass is 16.4. The van der Waals surface area contributed by atoms with Crippen LogP contribution >= 0.6 is 0 Å². The number of benzene rings is 1. The second-order valence-electron chi connectivity index (χ2n) is 4.60. The Bertz CT molecular complexity index is 552. The summed E-state index contributed by atoms with van der Waals surface area (Å²) in [7, 11) is 0. The second-order valence-corrected chi connectivity index (χ2v) is 4.60. The van der Waals surface area contributed by atoms with Crippen LogP contribution in [0.25, 0.3) is 0 Å². The molecule has 20 heavy (non-hydrogen) atoms. The van der Waals surface area contributed by atoms with Crippen molar-refractivity contribution < 1.29 is 9.90 Å². The number of carbonyl (C=O) groups is 1. The van der Waals surface area contributed by atoms with Crippen molar-refractivity contribution >= 4 is 5.97 Å². The number of carboxylic acids is 1. The van der Waals surface area contributed by atoms with Crippen molar-refractivity contribution in [2.75, 3.05) is 13.1 Å². The highest BCUT2D eigenvalue weighted by Gasteiger charge is 2.12. The summed E-state index contributed by atoms with van der Waals surface area (Å²) in [6.07, 6.45) is 3.69. The molecule has 0 radical (unpaired) electrons. The molecular weight excluding hydrogens is 254 g/mol. The monoisotopic (exact) mass is 273 g/mol. The minimum atomic E-state index is -0.872. The Hall–Kier alpha value is -2.14. The lowest BCUT2D eigenvalue weighted by Gasteiger charge is -2.21. The first-order valence-corrected chi connectivity index (χ1v) is 6.71. The Labute approximate surface area is 118 Å². The van der Waals surface area contributed by atoms with Crippen LogP contribution in [-0.2, 0) is 13.1 Å². The van der Waals surface area contributed by atoms with Crippen molar-refractivity contribution in [2.45, 2.75) is 20.0 Å². The molecule has 5 nitrogen and oxygen atoms in total. The molecule has 0 amide bonds. The van der Waals surface area contributed by atoms with E-state index in [4.69, 9.17) is 0 Å². The topological polar surface area (TPSA) is 58.4 Å². The summed E-state index contributed by atoms with van der Waals surface area (Å²) in [4.78, 5) is 13.4. The normalized spacial score (nSPS) is 10.9. The van der Waals surface area contributed by atoms with Crippen LogP contribution in [0.3, 0.4) is 0 Å². The van der Waals surface area contributed by atoms with Gasteiger partial charge in [-0.3, -0.25) is 9.58 Å². The van der Waals surface area contributed by atoms with Crippen LogP contribution in [0.5, 0.6) is 0 Å². The van der Waals surface area contributed by atoms with E-state index in [2.05, 4.69) is 16.9 Å². The lowest BCUT2D eigenvalue weighted by Crippen LogP contribution is -2.28. The number of likely N-dealkylation sites (N-methyl/N-ethyl adjacent to an activating group) is 1. The molecule has 2 aromatic rings. The van der Waals surface area contributed by atoms with Gasteiger partial charge in [-0.05, 0) is 24.2 Å². The number of carboxylic acid groups (broad SMARTS) is 1. The summed E-state index contributed by atoms with van der Waals surface area (Å²) in [6.45, 7) is 5.23. The van der Waals surface area contributed by atoms with E-state index in [9.17, 15) is 9.90 Å². The van der Waals surface area contributed by atoms with Crippen LogP contribution in [0.1, 0.15) is 22.8 Å². The molecule has 1 heterocycles. The third-order valence-electron chi connectivity index (χ3n) is 3.29. The molecule has 2 rings (SSSR count). The summed E-state index contributed by atoms with van der Waals surface area (Å²) in [5.41, 5.74) is 1.23. The van der Waals surface area contributed by atoms with Gasteiger partial charge in [-0.25, -0.2) is 4.79 Å². The zero-order valence-corrected chi connectivity index (χ0v) is 11.6. The standard InChI is InChI=1S/C15H19N3O2/c1-2-17(10-11-18-9-5-8-16-18)12-13-6-3-4-7-14(13)15(19)20/h3-9H,2,10-12H2,1H3,(H,19,20). The van der Waals surface area contributed by atoms with Crippen molar-refractivity contribution in [2.24, 2.45) is 0 Å². The third kappa shape index (κ3) is 3.68. The molecule has 0 saturated heterocycles. The molecule has 0 saturated carbocycles. The van der Waals surface area contributed by atoms with Gasteiger partial charge in [0, 0.05) is 25.5 Å². The van der Waals surface area contributed by atoms with Crippen molar-refractivity contribution in [3.05, 3.63) is 53.9 Å². The maximum Gasteiger partial charge on any atom is 0.336 e. The van der Waals surface area contributed by atoms with E-state index in [-0.39, 0.29) is 0 Å². The summed E-state index contributed by atoms with van der Waals surface area (Å²) in [5, 5.41) is 13.4. The lowest BCUT2D eigenvalue weighted by molar-refractivity contribution is 0.0694. The van der Waals surface area contributed by atoms with E-state index in [1.807, 2.05) is 29.1 Å². The molecule has 0 bridgehead atoms. The molecular formula is C15H19N3O2. The zero-order valence-electron chi connectivity index (χ0n) is 11.6. The molecule has 106 valence electrons. The molecule has 0 aliphatic heterocycles. The van der Waals surface area contributed by atoms with E-state index >= 15 is 0 Å². The Kier molecular flexibility index (Phi) is 4.90. The third-order valence-corrected chi connectivity index (χ3v) is 3.29. The van der Waals surface area contributed by atoms with Gasteiger partial charge >= 0.3 is 5.97 Å². The van der Waals surface area contributed by atoms with Crippen LogP contribution in [0, 0.1) is 0 Å². The molecule has 1 aromatic heterocycles. The lowest BCUT2D eigenvalue weighted by atomic mass is 10.1. The first-order valence-electron chi connectivity index (χ1n) is 6.71. The number of aromatic carboxylic acids is 1. The van der Waals surface area contributed by atoms with Crippen LogP contribution in [-0.4, -0.2) is 38.8 Å². The fraction of sp³-hybridized carbons (Fsp3) is 0.333. The molecule has 0 atom stereocenters. The molecule has 0 unspecified atom stereocenters. The molecule has 5 heteroatoms. The van der Waals surface area contributed by atoms with Crippen LogP contribution in [0.2, 0.25) is 0 Å². The minimum Gasteiger partial charge on any atom is -0.478 e. The minimum absolute atomic E-state index is 0.380. The Morgan fingerprint density at radius 1 is 1.35 bits per heavy atom. The van der Waals surface area contributed by atoms with Crippen molar-refractivity contribution in [3.63, 3.8) is 0 Å². The highest BCUT2D eigenvalue weighted by molar-refractivity contribution is 5.89. The largest absolute Gasteiger partial charge is 0.478 e. The fourth-order valence-electron chi connectivity index (χ4n) is 2.13. The molecule has 1 aromatic carbocycles. The zero-order chi connectivity index (χ0) is 14.4. The van der Waals surface area contributed by atoms with Crippen LogP contribution < -0.4 is 0 Å². The summed E-state index contributed by atoms with van der Waals surface area (Å²) < 4.78 is 1.88. The Morgan fingerprint density at radius 3 is 2.80 bits per heavy atom. The van der Waals surface area contributed by atoms with Gasteiger partial charge in [0.05, 0.1) is 12.1 Å². The Morgan fingerprint density at radius 2 is 2.15 bits per heavy atom. The quantitative estimate of drug-likeness (QED) is 0.839. The second kappa shape index (κ2) is 6.86. The summed E-state index contributed by atoms with van der Waals surface area (Å²) >= 11 is 0. The van der Waals surface area contributed by atoms with Gasteiger partial charge in [-0.2, -0.15) is 5.10 Å². The van der Waals surface area contributed by atoms with Gasteiger partial charge in [-0.1, -0.05) is 25.1 Å². The van der Waals surface area contributed by atoms with Gasteiger partial charge < -0.3 is 5.11 Å². The maximum absolute atomic E-state index is 11.2. The molecule has 0 aliphatic rings. The molecule has 0 aliphatic carbocycles. The van der Waals surface area contributed by atoms with Crippen molar-refractivity contribution in [3.8, 4) is 0 Å². The van der Waals surface area contributed by atoms with Gasteiger partial charge in [0.2, 0.25) is 0 Å². The van der Waals surface area contributed by atoms with Crippen molar-refractivity contribution in [1.82, 2.24) is 14.7 Å². The van der Waals surface area contributed by atoms with E-state index in [0.717, 1.165) is 25.2 Å². The fourth-order valence-corrected chi connectivity index (χ4v) is 2.13. The van der Waals surface area contributed by atoms with Gasteiger partial charge in [-0.15, -0.1) is 0 Å². The summed E-state index contributed by atoms with van der Waals surface area (Å²) in [5.74, 6) is -0.872. The number of rotatable bonds is 7. The molecule has 0 spiro atoms. The average molecular weight is 273 g/mol. The van der Waals surface area contributed by atoms with Crippen LogP contribution in [0.15, 0.2) is 42.7 Å². The first-order chi connectivity index (χ1) is 9.70. The van der Waals surface area contributed by atoms with Gasteiger partial charge in [0.25, 0.3) is 0 Å². The summed E-state index contributed by atoms with van der Waals surface area (Å²) in [6, 6.07) is 9.06.